The van der Waals surface area contributed by atoms with Crippen molar-refractivity contribution in [2.45, 2.75) is 25.4 Å². The molecule has 3 heterocycles. The lowest BCUT2D eigenvalue weighted by atomic mass is 10.0. The van der Waals surface area contributed by atoms with E-state index in [1.165, 1.54) is 39.0 Å². The second kappa shape index (κ2) is 7.42. The molecule has 0 aliphatic carbocycles. The first-order chi connectivity index (χ1) is 11.9. The van der Waals surface area contributed by atoms with Crippen molar-refractivity contribution in [2.24, 2.45) is 0 Å². The first-order valence-corrected chi connectivity index (χ1v) is 9.01. The Kier molecular flexibility index (Phi) is 4.87. The standard InChI is InChI=1S/C18H26N6/c1-2-4-17(5-3-1)24-18(20-15-21-24)14-22-10-12-23(13-11-22)16-6-8-19-9-7-16/h1-5,15-16,19H,6-14H2. The molecule has 0 atom stereocenters. The van der Waals surface area contributed by atoms with Gasteiger partial charge in [-0.15, -0.1) is 0 Å². The molecule has 2 aliphatic rings. The molecule has 0 bridgehead atoms. The smallest absolute Gasteiger partial charge is 0.146 e. The van der Waals surface area contributed by atoms with Gasteiger partial charge in [0.25, 0.3) is 0 Å². The number of benzene rings is 1. The maximum atomic E-state index is 4.48. The van der Waals surface area contributed by atoms with Gasteiger partial charge in [-0.1, -0.05) is 18.2 Å². The zero-order valence-electron chi connectivity index (χ0n) is 14.1. The highest BCUT2D eigenvalue weighted by Crippen LogP contribution is 2.16. The third-order valence-electron chi connectivity index (χ3n) is 5.22. The van der Waals surface area contributed by atoms with Crippen LogP contribution in [0.3, 0.4) is 0 Å². The second-order valence-electron chi connectivity index (χ2n) is 6.72. The molecule has 2 saturated heterocycles. The lowest BCUT2D eigenvalue weighted by Gasteiger charge is -2.40. The van der Waals surface area contributed by atoms with Crippen LogP contribution < -0.4 is 5.32 Å². The van der Waals surface area contributed by atoms with Crippen molar-refractivity contribution < 1.29 is 0 Å². The Balaban J connectivity index is 1.35. The van der Waals surface area contributed by atoms with E-state index in [1.54, 1.807) is 6.33 Å². The van der Waals surface area contributed by atoms with Crippen LogP contribution in [0.4, 0.5) is 0 Å². The molecule has 1 N–H and O–H groups in total. The minimum Gasteiger partial charge on any atom is -0.317 e. The molecule has 0 saturated carbocycles. The maximum Gasteiger partial charge on any atom is 0.146 e. The summed E-state index contributed by atoms with van der Waals surface area (Å²) >= 11 is 0. The van der Waals surface area contributed by atoms with Crippen molar-refractivity contribution in [3.63, 3.8) is 0 Å². The van der Waals surface area contributed by atoms with E-state index in [2.05, 4.69) is 37.3 Å². The highest BCUT2D eigenvalue weighted by Gasteiger charge is 2.25. The van der Waals surface area contributed by atoms with Gasteiger partial charge in [-0.25, -0.2) is 9.67 Å². The molecule has 1 aromatic carbocycles. The van der Waals surface area contributed by atoms with Gasteiger partial charge in [-0.05, 0) is 38.1 Å². The highest BCUT2D eigenvalue weighted by atomic mass is 15.4. The Bertz CT molecular complexity index is 626. The number of nitrogens with one attached hydrogen (secondary N) is 1. The predicted molar refractivity (Wildman–Crippen MR) is 94.1 cm³/mol. The fourth-order valence-corrected chi connectivity index (χ4v) is 3.82. The Labute approximate surface area is 143 Å². The fraction of sp³-hybridized carbons (Fsp3) is 0.556. The van der Waals surface area contributed by atoms with E-state index in [4.69, 9.17) is 0 Å². The molecular formula is C18H26N6. The van der Waals surface area contributed by atoms with E-state index in [9.17, 15) is 0 Å². The normalized spacial score (nSPS) is 21.2. The molecular weight excluding hydrogens is 300 g/mol. The number of hydrogen-bond donors (Lipinski definition) is 1. The third kappa shape index (κ3) is 3.50. The Hall–Kier alpha value is -1.76. The topological polar surface area (TPSA) is 49.2 Å². The number of aromatic nitrogens is 3. The number of piperazine rings is 1. The maximum absolute atomic E-state index is 4.48. The summed E-state index contributed by atoms with van der Waals surface area (Å²) in [5.74, 6) is 1.02. The minimum atomic E-state index is 0.779. The summed E-state index contributed by atoms with van der Waals surface area (Å²) in [6, 6.07) is 11.0. The van der Waals surface area contributed by atoms with Gasteiger partial charge in [0.05, 0.1) is 12.2 Å². The fourth-order valence-electron chi connectivity index (χ4n) is 3.82. The Morgan fingerprint density at radius 3 is 2.50 bits per heavy atom. The summed E-state index contributed by atoms with van der Waals surface area (Å²) in [4.78, 5) is 9.66. The van der Waals surface area contributed by atoms with Crippen molar-refractivity contribution in [1.29, 1.82) is 0 Å². The van der Waals surface area contributed by atoms with Crippen LogP contribution in [0, 0.1) is 0 Å². The summed E-state index contributed by atoms with van der Waals surface area (Å²) in [6.07, 6.45) is 4.25. The number of para-hydroxylation sites is 1. The second-order valence-corrected chi connectivity index (χ2v) is 6.72. The average molecular weight is 326 g/mol. The molecule has 6 nitrogen and oxygen atoms in total. The molecule has 2 aromatic rings. The summed E-state index contributed by atoms with van der Waals surface area (Å²) in [5.41, 5.74) is 1.08. The van der Waals surface area contributed by atoms with Crippen LogP contribution >= 0.6 is 0 Å². The van der Waals surface area contributed by atoms with Gasteiger partial charge in [-0.3, -0.25) is 9.80 Å². The van der Waals surface area contributed by atoms with E-state index in [0.29, 0.717) is 0 Å². The number of nitrogens with zero attached hydrogens (tertiary/aromatic N) is 5. The van der Waals surface area contributed by atoms with Crippen LogP contribution in [-0.2, 0) is 6.54 Å². The molecule has 2 aliphatic heterocycles. The van der Waals surface area contributed by atoms with E-state index in [0.717, 1.165) is 37.2 Å². The molecule has 0 radical (unpaired) electrons. The zero-order chi connectivity index (χ0) is 16.2. The molecule has 1 aromatic heterocycles. The van der Waals surface area contributed by atoms with Gasteiger partial charge in [0.1, 0.15) is 12.2 Å². The van der Waals surface area contributed by atoms with Gasteiger partial charge in [0.2, 0.25) is 0 Å². The average Bonchev–Trinajstić information content (AvgIpc) is 3.12. The van der Waals surface area contributed by atoms with Crippen molar-refractivity contribution in [2.75, 3.05) is 39.3 Å². The number of piperidine rings is 1. The largest absolute Gasteiger partial charge is 0.317 e. The summed E-state index contributed by atoms with van der Waals surface area (Å²) in [7, 11) is 0. The SMILES string of the molecule is c1ccc(-n2ncnc2CN2CCN(C3CCNCC3)CC2)cc1. The summed E-state index contributed by atoms with van der Waals surface area (Å²) in [6.45, 7) is 7.79. The lowest BCUT2D eigenvalue weighted by Crippen LogP contribution is -2.52. The molecule has 24 heavy (non-hydrogen) atoms. The van der Waals surface area contributed by atoms with Crippen molar-refractivity contribution >= 4 is 0 Å². The number of rotatable bonds is 4. The predicted octanol–water partition coefficient (Wildman–Crippen LogP) is 1.14. The van der Waals surface area contributed by atoms with Crippen LogP contribution in [0.25, 0.3) is 5.69 Å². The quantitative estimate of drug-likeness (QED) is 0.913. The minimum absolute atomic E-state index is 0.779. The van der Waals surface area contributed by atoms with E-state index in [-0.39, 0.29) is 0 Å². The monoisotopic (exact) mass is 326 g/mol. The summed E-state index contributed by atoms with van der Waals surface area (Å²) < 4.78 is 1.96. The van der Waals surface area contributed by atoms with Crippen LogP contribution in [0.15, 0.2) is 36.7 Å². The molecule has 6 heteroatoms. The van der Waals surface area contributed by atoms with E-state index < -0.39 is 0 Å². The lowest BCUT2D eigenvalue weighted by molar-refractivity contribution is 0.0768. The third-order valence-corrected chi connectivity index (χ3v) is 5.22. The number of hydrogen-bond acceptors (Lipinski definition) is 5. The molecule has 4 rings (SSSR count). The summed E-state index contributed by atoms with van der Waals surface area (Å²) in [5, 5.41) is 7.86. The van der Waals surface area contributed by atoms with Gasteiger partial charge in [0.15, 0.2) is 0 Å². The zero-order valence-corrected chi connectivity index (χ0v) is 14.1. The Morgan fingerprint density at radius 1 is 1.00 bits per heavy atom. The van der Waals surface area contributed by atoms with Crippen molar-refractivity contribution in [3.8, 4) is 5.69 Å². The van der Waals surface area contributed by atoms with Crippen LogP contribution in [0.2, 0.25) is 0 Å². The van der Waals surface area contributed by atoms with Gasteiger partial charge >= 0.3 is 0 Å². The van der Waals surface area contributed by atoms with Gasteiger partial charge in [-0.2, -0.15) is 5.10 Å². The van der Waals surface area contributed by atoms with Crippen molar-refractivity contribution in [1.82, 2.24) is 29.9 Å². The molecule has 0 spiro atoms. The van der Waals surface area contributed by atoms with E-state index >= 15 is 0 Å². The highest BCUT2D eigenvalue weighted by molar-refractivity contribution is 5.30. The first kappa shape index (κ1) is 15.7. The molecule has 2 fully saturated rings. The molecule has 128 valence electrons. The van der Waals surface area contributed by atoms with Crippen LogP contribution in [0.1, 0.15) is 18.7 Å². The van der Waals surface area contributed by atoms with E-state index in [1.807, 2.05) is 22.9 Å². The van der Waals surface area contributed by atoms with Gasteiger partial charge in [0, 0.05) is 32.2 Å². The first-order valence-electron chi connectivity index (χ1n) is 9.01. The van der Waals surface area contributed by atoms with Crippen LogP contribution in [0.5, 0.6) is 0 Å². The molecule has 0 amide bonds. The van der Waals surface area contributed by atoms with Crippen LogP contribution in [-0.4, -0.2) is 69.9 Å². The van der Waals surface area contributed by atoms with Crippen molar-refractivity contribution in [3.05, 3.63) is 42.5 Å². The van der Waals surface area contributed by atoms with Gasteiger partial charge < -0.3 is 5.32 Å². The Morgan fingerprint density at radius 2 is 1.75 bits per heavy atom. The molecule has 0 unspecified atom stereocenters.